The number of aliphatic imine (C=N–C) groups is 1. The molecule has 34 heavy (non-hydrogen) atoms. The van der Waals surface area contributed by atoms with E-state index in [1.807, 2.05) is 0 Å². The van der Waals surface area contributed by atoms with Gasteiger partial charge >= 0.3 is 6.29 Å². The quantitative estimate of drug-likeness (QED) is 0.571. The fourth-order valence-electron chi connectivity index (χ4n) is 3.93. The van der Waals surface area contributed by atoms with Crippen molar-refractivity contribution in [2.75, 3.05) is 11.4 Å². The van der Waals surface area contributed by atoms with Gasteiger partial charge in [-0.25, -0.2) is 9.07 Å². The lowest BCUT2D eigenvalue weighted by molar-refractivity contribution is -0.286. The number of alkyl halides is 2. The molecule has 11 heteroatoms. The summed E-state index contributed by atoms with van der Waals surface area (Å²) in [7, 11) is 0. The summed E-state index contributed by atoms with van der Waals surface area (Å²) in [6.45, 7) is 1.59. The molecule has 0 fully saturated rings. The lowest BCUT2D eigenvalue weighted by atomic mass is 10.0. The molecule has 3 aromatic rings. The fraction of sp³-hybridized carbons (Fsp3) is 0.217. The zero-order valence-electron chi connectivity index (χ0n) is 17.8. The first-order valence-electron chi connectivity index (χ1n) is 10.4. The zero-order valence-corrected chi connectivity index (χ0v) is 17.8. The van der Waals surface area contributed by atoms with Crippen molar-refractivity contribution in [3.05, 3.63) is 69.8 Å². The van der Waals surface area contributed by atoms with E-state index < -0.39 is 30.1 Å². The van der Waals surface area contributed by atoms with Crippen LogP contribution in [-0.2, 0) is 17.9 Å². The maximum absolute atomic E-state index is 13.8. The van der Waals surface area contributed by atoms with Gasteiger partial charge in [-0.1, -0.05) is 12.1 Å². The van der Waals surface area contributed by atoms with Crippen LogP contribution >= 0.6 is 0 Å². The van der Waals surface area contributed by atoms with E-state index in [0.717, 1.165) is 4.68 Å². The van der Waals surface area contributed by atoms with Gasteiger partial charge in [0.15, 0.2) is 11.5 Å². The van der Waals surface area contributed by atoms with Gasteiger partial charge in [0, 0.05) is 35.6 Å². The molecule has 0 spiro atoms. The van der Waals surface area contributed by atoms with E-state index in [-0.39, 0.29) is 30.3 Å². The Balaban J connectivity index is 1.48. The molecule has 0 atom stereocenters. The van der Waals surface area contributed by atoms with Crippen LogP contribution in [0.1, 0.15) is 18.1 Å². The number of amides is 1. The number of fused-ring (bicyclic) bond motifs is 2. The molecule has 3 heterocycles. The first-order valence-corrected chi connectivity index (χ1v) is 10.4. The number of rotatable bonds is 5. The van der Waals surface area contributed by atoms with Gasteiger partial charge in [-0.2, -0.15) is 5.10 Å². The summed E-state index contributed by atoms with van der Waals surface area (Å²) in [4.78, 5) is 31.6. The maximum atomic E-state index is 13.8. The molecule has 0 aliphatic carbocycles. The summed E-state index contributed by atoms with van der Waals surface area (Å²) in [6, 6.07) is 9.73. The molecule has 0 N–H and O–H groups in total. The number of hydrogen-bond donors (Lipinski definition) is 0. The average Bonchev–Trinajstić information content (AvgIpc) is 3.39. The van der Waals surface area contributed by atoms with E-state index in [1.165, 1.54) is 47.5 Å². The maximum Gasteiger partial charge on any atom is 0.586 e. The van der Waals surface area contributed by atoms with Crippen LogP contribution in [0.4, 0.5) is 18.9 Å². The predicted octanol–water partition coefficient (Wildman–Crippen LogP) is 3.36. The SMILES string of the molecule is CCN(C(=O)Cn1nc(-c2cccc(F)c2)c2c(c1=O)CN=C2)c1ccc2c(c1)OC(F)(F)O2. The largest absolute Gasteiger partial charge is 0.586 e. The van der Waals surface area contributed by atoms with E-state index in [2.05, 4.69) is 19.6 Å². The van der Waals surface area contributed by atoms with Crippen LogP contribution in [0.3, 0.4) is 0 Å². The second-order valence-corrected chi connectivity index (χ2v) is 7.62. The van der Waals surface area contributed by atoms with Crippen LogP contribution in [-0.4, -0.2) is 34.7 Å². The van der Waals surface area contributed by atoms with Crippen molar-refractivity contribution in [1.82, 2.24) is 9.78 Å². The minimum Gasteiger partial charge on any atom is -0.395 e. The van der Waals surface area contributed by atoms with Gasteiger partial charge in [-0.05, 0) is 31.2 Å². The minimum atomic E-state index is -3.78. The molecule has 0 bridgehead atoms. The van der Waals surface area contributed by atoms with Gasteiger partial charge in [0.1, 0.15) is 18.1 Å². The lowest BCUT2D eigenvalue weighted by Gasteiger charge is -2.22. The number of carbonyl (C=O) groups excluding carboxylic acids is 1. The topological polar surface area (TPSA) is 86.0 Å². The normalized spacial score (nSPS) is 14.8. The third-order valence-corrected chi connectivity index (χ3v) is 5.46. The van der Waals surface area contributed by atoms with E-state index >= 15 is 0 Å². The predicted molar refractivity (Wildman–Crippen MR) is 116 cm³/mol. The first kappa shape index (κ1) is 21.7. The Labute approximate surface area is 190 Å². The standard InChI is InChI=1S/C23H17F3N4O4/c1-2-29(15-6-7-18-19(9-15)34-23(25,26)33-18)20(31)12-30-22(32)17-11-27-10-16(17)21(28-30)13-4-3-5-14(24)8-13/h3-10H,2,11-12H2,1H3. The van der Waals surface area contributed by atoms with Crippen molar-refractivity contribution in [1.29, 1.82) is 0 Å². The summed E-state index contributed by atoms with van der Waals surface area (Å²) in [5.74, 6) is -1.32. The monoisotopic (exact) mass is 470 g/mol. The van der Waals surface area contributed by atoms with Gasteiger partial charge in [0.05, 0.1) is 12.1 Å². The zero-order chi connectivity index (χ0) is 24.0. The highest BCUT2D eigenvalue weighted by Gasteiger charge is 2.43. The number of aromatic nitrogens is 2. The third kappa shape index (κ3) is 3.78. The van der Waals surface area contributed by atoms with Gasteiger partial charge in [0.25, 0.3) is 5.56 Å². The number of anilines is 1. The Morgan fingerprint density at radius 1 is 1.18 bits per heavy atom. The molecule has 0 unspecified atom stereocenters. The van der Waals surface area contributed by atoms with Crippen molar-refractivity contribution in [3.8, 4) is 22.8 Å². The van der Waals surface area contributed by atoms with Crippen molar-refractivity contribution in [2.45, 2.75) is 26.3 Å². The van der Waals surface area contributed by atoms with Gasteiger partial charge in [-0.15, -0.1) is 8.78 Å². The molecule has 2 aliphatic heterocycles. The van der Waals surface area contributed by atoms with Gasteiger partial charge < -0.3 is 14.4 Å². The Bertz CT molecular complexity index is 1400. The van der Waals surface area contributed by atoms with Crippen LogP contribution in [0, 0.1) is 5.82 Å². The van der Waals surface area contributed by atoms with Gasteiger partial charge in [0.2, 0.25) is 5.91 Å². The van der Waals surface area contributed by atoms with E-state index in [9.17, 15) is 22.8 Å². The summed E-state index contributed by atoms with van der Waals surface area (Å²) in [6.07, 6.45) is -2.27. The highest BCUT2D eigenvalue weighted by Crippen LogP contribution is 2.42. The van der Waals surface area contributed by atoms with E-state index in [1.54, 1.807) is 13.0 Å². The number of benzene rings is 2. The summed E-state index contributed by atoms with van der Waals surface area (Å²) in [5, 5.41) is 4.34. The molecule has 1 amide bonds. The Hall–Kier alpha value is -4.15. The number of hydrogen-bond acceptors (Lipinski definition) is 6. The van der Waals surface area contributed by atoms with Crippen molar-refractivity contribution in [3.63, 3.8) is 0 Å². The average molecular weight is 470 g/mol. The molecular weight excluding hydrogens is 453 g/mol. The number of ether oxygens (including phenoxy) is 2. The van der Waals surface area contributed by atoms with Crippen molar-refractivity contribution in [2.24, 2.45) is 4.99 Å². The smallest absolute Gasteiger partial charge is 0.395 e. The molecule has 0 radical (unpaired) electrons. The lowest BCUT2D eigenvalue weighted by Crippen LogP contribution is -2.38. The summed E-state index contributed by atoms with van der Waals surface area (Å²) >= 11 is 0. The van der Waals surface area contributed by atoms with Crippen LogP contribution in [0.25, 0.3) is 11.3 Å². The Morgan fingerprint density at radius 3 is 2.74 bits per heavy atom. The van der Waals surface area contributed by atoms with Crippen molar-refractivity contribution >= 4 is 17.8 Å². The molecule has 174 valence electrons. The molecule has 2 aliphatic rings. The first-order chi connectivity index (χ1) is 16.3. The number of carbonyl (C=O) groups is 1. The molecule has 0 saturated carbocycles. The Kier molecular flexibility index (Phi) is 5.11. The van der Waals surface area contributed by atoms with Crippen molar-refractivity contribution < 1.29 is 27.4 Å². The molecule has 1 aromatic heterocycles. The van der Waals surface area contributed by atoms with E-state index in [4.69, 9.17) is 0 Å². The molecule has 5 rings (SSSR count). The second kappa shape index (κ2) is 8.01. The highest BCUT2D eigenvalue weighted by atomic mass is 19.3. The minimum absolute atomic E-state index is 0.126. The van der Waals surface area contributed by atoms with E-state index in [0.29, 0.717) is 22.4 Å². The second-order valence-electron chi connectivity index (χ2n) is 7.62. The van der Waals surface area contributed by atoms with Crippen LogP contribution in [0.15, 0.2) is 52.3 Å². The highest BCUT2D eigenvalue weighted by molar-refractivity contribution is 5.94. The molecular formula is C23H17F3N4O4. The number of nitrogens with zero attached hydrogens (tertiary/aromatic N) is 4. The molecule has 8 nitrogen and oxygen atoms in total. The van der Waals surface area contributed by atoms with Crippen LogP contribution < -0.4 is 19.9 Å². The van der Waals surface area contributed by atoms with Crippen LogP contribution in [0.2, 0.25) is 0 Å². The van der Waals surface area contributed by atoms with Crippen LogP contribution in [0.5, 0.6) is 11.5 Å². The fourth-order valence-corrected chi connectivity index (χ4v) is 3.93. The number of likely N-dealkylation sites (N-methyl/N-ethyl adjacent to an activating group) is 1. The summed E-state index contributed by atoms with van der Waals surface area (Å²) < 4.78 is 50.4. The molecule has 2 aromatic carbocycles. The Morgan fingerprint density at radius 2 is 1.97 bits per heavy atom. The third-order valence-electron chi connectivity index (χ3n) is 5.46. The summed E-state index contributed by atoms with van der Waals surface area (Å²) in [5.41, 5.74) is 1.42. The van der Waals surface area contributed by atoms with Gasteiger partial charge in [-0.3, -0.25) is 14.6 Å². The number of halogens is 3. The molecule has 0 saturated heterocycles.